The standard InChI is InChI=1S/C26H30N6O4/c1-16-10-23(33)30-22-3-2-19(12-20(16)22)29-26(35)21-11-17(14-31-6-8-36-9-7-31)13-28-25(21)32-5-4-18(15-32)24(27)34/h2-3,10-13,18H,4-9,14-15H2,1H3,(H2,27,34)(H,29,35)(H,30,33). The number of pyridine rings is 2. The molecule has 3 aromatic rings. The van der Waals surface area contributed by atoms with E-state index < -0.39 is 0 Å². The second-order valence-electron chi connectivity index (χ2n) is 9.47. The number of carbonyl (C=O) groups is 2. The number of fused-ring (bicyclic) bond motifs is 1. The Bertz CT molecular complexity index is 1360. The van der Waals surface area contributed by atoms with Gasteiger partial charge in [-0.2, -0.15) is 0 Å². The van der Waals surface area contributed by atoms with Crippen molar-refractivity contribution in [1.82, 2.24) is 14.9 Å². The number of amides is 2. The molecule has 1 atom stereocenters. The van der Waals surface area contributed by atoms with E-state index in [2.05, 4.69) is 20.2 Å². The summed E-state index contributed by atoms with van der Waals surface area (Å²) in [5.74, 6) is -0.341. The Kier molecular flexibility index (Phi) is 6.71. The SMILES string of the molecule is Cc1cc(=O)[nH]c2ccc(NC(=O)c3cc(CN4CCOCC4)cnc3N3CCC(C(N)=O)C3)cc12. The number of aromatic nitrogens is 2. The molecule has 36 heavy (non-hydrogen) atoms. The van der Waals surface area contributed by atoms with Gasteiger partial charge < -0.3 is 25.7 Å². The minimum Gasteiger partial charge on any atom is -0.379 e. The molecule has 4 heterocycles. The van der Waals surface area contributed by atoms with Crippen LogP contribution in [0.4, 0.5) is 11.5 Å². The van der Waals surface area contributed by atoms with E-state index in [9.17, 15) is 14.4 Å². The van der Waals surface area contributed by atoms with Crippen LogP contribution in [0.3, 0.4) is 0 Å². The Morgan fingerprint density at radius 2 is 2.00 bits per heavy atom. The van der Waals surface area contributed by atoms with E-state index in [1.54, 1.807) is 18.3 Å². The van der Waals surface area contributed by atoms with E-state index in [4.69, 9.17) is 10.5 Å². The number of anilines is 2. The second-order valence-corrected chi connectivity index (χ2v) is 9.47. The van der Waals surface area contributed by atoms with Crippen LogP contribution in [-0.4, -0.2) is 66.1 Å². The number of primary amides is 1. The van der Waals surface area contributed by atoms with Crippen molar-refractivity contribution in [2.24, 2.45) is 11.7 Å². The third-order valence-corrected chi connectivity index (χ3v) is 6.88. The Morgan fingerprint density at radius 3 is 2.75 bits per heavy atom. The first-order valence-electron chi connectivity index (χ1n) is 12.2. The van der Waals surface area contributed by atoms with Crippen molar-refractivity contribution < 1.29 is 14.3 Å². The van der Waals surface area contributed by atoms with Gasteiger partial charge in [-0.3, -0.25) is 19.3 Å². The van der Waals surface area contributed by atoms with Crippen LogP contribution in [0.2, 0.25) is 0 Å². The molecule has 1 aromatic carbocycles. The van der Waals surface area contributed by atoms with Gasteiger partial charge in [0.15, 0.2) is 0 Å². The monoisotopic (exact) mass is 490 g/mol. The van der Waals surface area contributed by atoms with E-state index in [0.717, 1.165) is 29.6 Å². The molecule has 5 rings (SSSR count). The van der Waals surface area contributed by atoms with Gasteiger partial charge in [0.25, 0.3) is 5.91 Å². The summed E-state index contributed by atoms with van der Waals surface area (Å²) >= 11 is 0. The van der Waals surface area contributed by atoms with Crippen LogP contribution < -0.4 is 21.5 Å². The molecule has 2 saturated heterocycles. The zero-order valence-corrected chi connectivity index (χ0v) is 20.3. The molecule has 4 N–H and O–H groups in total. The van der Waals surface area contributed by atoms with Crippen molar-refractivity contribution in [2.45, 2.75) is 19.9 Å². The summed E-state index contributed by atoms with van der Waals surface area (Å²) in [6.07, 6.45) is 2.44. The van der Waals surface area contributed by atoms with Crippen LogP contribution in [0, 0.1) is 12.8 Å². The van der Waals surface area contributed by atoms with Crippen LogP contribution >= 0.6 is 0 Å². The Labute approximate surface area is 208 Å². The predicted octanol–water partition coefficient (Wildman–Crippen LogP) is 1.63. The molecule has 2 aliphatic rings. The van der Waals surface area contributed by atoms with Crippen LogP contribution in [-0.2, 0) is 16.1 Å². The molecule has 10 heteroatoms. The number of benzene rings is 1. The van der Waals surface area contributed by atoms with Gasteiger partial charge >= 0.3 is 0 Å². The van der Waals surface area contributed by atoms with E-state index in [0.29, 0.717) is 61.9 Å². The predicted molar refractivity (Wildman–Crippen MR) is 137 cm³/mol. The number of morpholine rings is 1. The number of H-pyrrole nitrogens is 1. The van der Waals surface area contributed by atoms with Gasteiger partial charge in [-0.25, -0.2) is 4.98 Å². The summed E-state index contributed by atoms with van der Waals surface area (Å²) in [6.45, 7) is 6.61. The number of carbonyl (C=O) groups excluding carboxylic acids is 2. The number of aryl methyl sites for hydroxylation is 1. The molecular formula is C26H30N6O4. The lowest BCUT2D eigenvalue weighted by atomic mass is 10.1. The Hall–Kier alpha value is -3.76. The third kappa shape index (κ3) is 5.09. The number of aromatic amines is 1. The number of nitrogens with one attached hydrogen (secondary N) is 2. The molecule has 2 fully saturated rings. The van der Waals surface area contributed by atoms with E-state index >= 15 is 0 Å². The normalized spacial score (nSPS) is 18.5. The number of hydrogen-bond acceptors (Lipinski definition) is 7. The van der Waals surface area contributed by atoms with E-state index in [-0.39, 0.29) is 23.3 Å². The van der Waals surface area contributed by atoms with Crippen molar-refractivity contribution in [1.29, 1.82) is 0 Å². The fourth-order valence-corrected chi connectivity index (χ4v) is 4.91. The highest BCUT2D eigenvalue weighted by molar-refractivity contribution is 6.08. The van der Waals surface area contributed by atoms with Crippen molar-refractivity contribution >= 4 is 34.2 Å². The van der Waals surface area contributed by atoms with Crippen LogP contribution in [0.1, 0.15) is 27.9 Å². The molecular weight excluding hydrogens is 460 g/mol. The molecule has 1 unspecified atom stereocenters. The lowest BCUT2D eigenvalue weighted by molar-refractivity contribution is -0.121. The van der Waals surface area contributed by atoms with Gasteiger partial charge in [0, 0.05) is 61.6 Å². The zero-order valence-electron chi connectivity index (χ0n) is 20.3. The summed E-state index contributed by atoms with van der Waals surface area (Å²) in [4.78, 5) is 48.8. The lowest BCUT2D eigenvalue weighted by Crippen LogP contribution is -2.35. The largest absolute Gasteiger partial charge is 0.379 e. The highest BCUT2D eigenvalue weighted by atomic mass is 16.5. The molecule has 10 nitrogen and oxygen atoms in total. The van der Waals surface area contributed by atoms with Gasteiger partial charge in [-0.15, -0.1) is 0 Å². The topological polar surface area (TPSA) is 134 Å². The van der Waals surface area contributed by atoms with Gasteiger partial charge in [-0.1, -0.05) is 0 Å². The molecule has 2 aromatic heterocycles. The van der Waals surface area contributed by atoms with E-state index in [1.807, 2.05) is 24.0 Å². The van der Waals surface area contributed by atoms with Crippen LogP contribution in [0.5, 0.6) is 0 Å². The lowest BCUT2D eigenvalue weighted by Gasteiger charge is -2.27. The minimum atomic E-state index is -0.336. The zero-order chi connectivity index (χ0) is 25.2. The summed E-state index contributed by atoms with van der Waals surface area (Å²) in [6, 6.07) is 8.81. The smallest absolute Gasteiger partial charge is 0.259 e. The Balaban J connectivity index is 1.45. The average Bonchev–Trinajstić information content (AvgIpc) is 3.36. The molecule has 0 aliphatic carbocycles. The highest BCUT2D eigenvalue weighted by Gasteiger charge is 2.30. The van der Waals surface area contributed by atoms with Gasteiger partial charge in [0.05, 0.1) is 24.7 Å². The molecule has 0 radical (unpaired) electrons. The molecule has 2 amide bonds. The summed E-state index contributed by atoms with van der Waals surface area (Å²) in [7, 11) is 0. The van der Waals surface area contributed by atoms with Crippen LogP contribution in [0.15, 0.2) is 41.3 Å². The van der Waals surface area contributed by atoms with Crippen molar-refractivity contribution in [3.8, 4) is 0 Å². The second kappa shape index (κ2) is 10.1. The maximum absolute atomic E-state index is 13.6. The molecule has 0 spiro atoms. The molecule has 188 valence electrons. The molecule has 0 saturated carbocycles. The average molecular weight is 491 g/mol. The van der Waals surface area contributed by atoms with Gasteiger partial charge in [-0.05, 0) is 48.7 Å². The Morgan fingerprint density at radius 1 is 1.19 bits per heavy atom. The van der Waals surface area contributed by atoms with Crippen molar-refractivity contribution in [3.63, 3.8) is 0 Å². The van der Waals surface area contributed by atoms with Crippen molar-refractivity contribution in [3.05, 3.63) is 63.6 Å². The molecule has 2 aliphatic heterocycles. The molecule has 0 bridgehead atoms. The first-order valence-corrected chi connectivity index (χ1v) is 12.2. The third-order valence-electron chi connectivity index (χ3n) is 6.88. The summed E-state index contributed by atoms with van der Waals surface area (Å²) < 4.78 is 5.44. The summed E-state index contributed by atoms with van der Waals surface area (Å²) in [5, 5.41) is 3.86. The first kappa shape index (κ1) is 24.0. The fourth-order valence-electron chi connectivity index (χ4n) is 4.91. The minimum absolute atomic E-state index is 0.163. The van der Waals surface area contributed by atoms with Gasteiger partial charge in [0.1, 0.15) is 5.82 Å². The fraction of sp³-hybridized carbons (Fsp3) is 0.385. The quantitative estimate of drug-likeness (QED) is 0.478. The van der Waals surface area contributed by atoms with Gasteiger partial charge in [0.2, 0.25) is 11.5 Å². The number of rotatable bonds is 6. The highest BCUT2D eigenvalue weighted by Crippen LogP contribution is 2.28. The number of ether oxygens (including phenoxy) is 1. The van der Waals surface area contributed by atoms with E-state index in [1.165, 1.54) is 6.07 Å². The number of nitrogens with two attached hydrogens (primary N) is 1. The summed E-state index contributed by atoms with van der Waals surface area (Å²) in [5.41, 5.74) is 8.90. The van der Waals surface area contributed by atoms with Crippen LogP contribution in [0.25, 0.3) is 10.9 Å². The maximum Gasteiger partial charge on any atom is 0.259 e. The number of hydrogen-bond donors (Lipinski definition) is 3. The first-order chi connectivity index (χ1) is 17.4. The van der Waals surface area contributed by atoms with Crippen molar-refractivity contribution in [2.75, 3.05) is 49.6 Å². The number of nitrogens with zero attached hydrogens (tertiary/aromatic N) is 3. The maximum atomic E-state index is 13.6.